The Morgan fingerprint density at radius 1 is 1.31 bits per heavy atom. The predicted molar refractivity (Wildman–Crippen MR) is 115 cm³/mol. The molecule has 0 atom stereocenters. The van der Waals surface area contributed by atoms with Crippen molar-refractivity contribution in [1.82, 2.24) is 9.55 Å². The number of anilines is 2. The molecule has 0 spiro atoms. The highest BCUT2D eigenvalue weighted by atomic mass is 16.5. The van der Waals surface area contributed by atoms with E-state index in [0.29, 0.717) is 25.3 Å². The maximum atomic E-state index is 13.1. The summed E-state index contributed by atoms with van der Waals surface area (Å²) in [7, 11) is 1.56. The third kappa shape index (κ3) is 5.49. The number of nitrogen functional groups attached to an aromatic ring is 1. The lowest BCUT2D eigenvalue weighted by atomic mass is 10.1. The molecule has 8 nitrogen and oxygen atoms in total. The van der Waals surface area contributed by atoms with Crippen LogP contribution in [0.25, 0.3) is 0 Å². The lowest BCUT2D eigenvalue weighted by Crippen LogP contribution is -2.42. The van der Waals surface area contributed by atoms with E-state index in [9.17, 15) is 14.4 Å². The number of aromatic nitrogens is 2. The van der Waals surface area contributed by atoms with Crippen molar-refractivity contribution in [2.75, 3.05) is 24.3 Å². The van der Waals surface area contributed by atoms with E-state index in [1.807, 2.05) is 32.9 Å². The number of methoxy groups -OCH3 is 1. The van der Waals surface area contributed by atoms with Gasteiger partial charge in [-0.3, -0.25) is 19.1 Å². The summed E-state index contributed by atoms with van der Waals surface area (Å²) in [6.07, 6.45) is 1.63. The largest absolute Gasteiger partial charge is 0.497 e. The fourth-order valence-corrected chi connectivity index (χ4v) is 3.11. The molecule has 2 rings (SSSR count). The van der Waals surface area contributed by atoms with Gasteiger partial charge in [0.05, 0.1) is 13.5 Å². The monoisotopic (exact) mass is 402 g/mol. The van der Waals surface area contributed by atoms with Crippen LogP contribution in [0.4, 0.5) is 11.5 Å². The molecule has 0 bridgehead atoms. The Labute approximate surface area is 170 Å². The molecule has 3 N–H and O–H groups in total. The van der Waals surface area contributed by atoms with E-state index in [-0.39, 0.29) is 29.8 Å². The standard InChI is InChI=1S/C21H30N4O4/c1-5-6-10-24(17(26)12-15-8-7-9-16(11-15)29-4)18-19(22)25(13-14(2)3)21(28)23-20(18)27/h7-9,11,14H,5-6,10,12-13,22H2,1-4H3,(H,23,27,28). The lowest BCUT2D eigenvalue weighted by Gasteiger charge is -2.25. The minimum absolute atomic E-state index is 0.0162. The van der Waals surface area contributed by atoms with Crippen LogP contribution in [0.1, 0.15) is 39.2 Å². The van der Waals surface area contributed by atoms with Crippen LogP contribution < -0.4 is 26.6 Å². The first-order valence-corrected chi connectivity index (χ1v) is 9.84. The normalized spacial score (nSPS) is 10.9. The van der Waals surface area contributed by atoms with Crippen molar-refractivity contribution in [1.29, 1.82) is 0 Å². The van der Waals surface area contributed by atoms with E-state index in [1.165, 1.54) is 9.47 Å². The molecule has 1 aromatic carbocycles. The van der Waals surface area contributed by atoms with Crippen LogP contribution in [-0.4, -0.2) is 29.1 Å². The molecular weight excluding hydrogens is 372 g/mol. The summed E-state index contributed by atoms with van der Waals surface area (Å²) in [6.45, 7) is 6.57. The van der Waals surface area contributed by atoms with Gasteiger partial charge < -0.3 is 15.4 Å². The fraction of sp³-hybridized carbons (Fsp3) is 0.476. The number of rotatable bonds is 9. The van der Waals surface area contributed by atoms with Gasteiger partial charge in [0.25, 0.3) is 5.56 Å². The van der Waals surface area contributed by atoms with Gasteiger partial charge in [0.1, 0.15) is 11.6 Å². The number of nitrogens with zero attached hydrogens (tertiary/aromatic N) is 2. The predicted octanol–water partition coefficient (Wildman–Crippen LogP) is 2.16. The first-order valence-electron chi connectivity index (χ1n) is 9.84. The summed E-state index contributed by atoms with van der Waals surface area (Å²) in [4.78, 5) is 41.7. The minimum Gasteiger partial charge on any atom is -0.497 e. The Morgan fingerprint density at radius 3 is 2.66 bits per heavy atom. The summed E-state index contributed by atoms with van der Waals surface area (Å²) >= 11 is 0. The number of benzene rings is 1. The van der Waals surface area contributed by atoms with Crippen LogP contribution in [0.5, 0.6) is 5.75 Å². The number of unbranched alkanes of at least 4 members (excludes halogenated alkanes) is 1. The molecule has 0 aliphatic heterocycles. The second-order valence-corrected chi connectivity index (χ2v) is 7.42. The Morgan fingerprint density at radius 2 is 2.03 bits per heavy atom. The van der Waals surface area contributed by atoms with Crippen LogP contribution in [-0.2, 0) is 17.8 Å². The molecule has 0 saturated carbocycles. The summed E-state index contributed by atoms with van der Waals surface area (Å²) in [5.74, 6) is 0.546. The Kier molecular flexibility index (Phi) is 7.64. The Balaban J connectivity index is 2.47. The Bertz CT molecular complexity index is 962. The van der Waals surface area contributed by atoms with E-state index >= 15 is 0 Å². The highest BCUT2D eigenvalue weighted by molar-refractivity contribution is 5.96. The third-order valence-electron chi connectivity index (χ3n) is 4.56. The molecule has 0 aliphatic carbocycles. The highest BCUT2D eigenvalue weighted by Gasteiger charge is 2.24. The highest BCUT2D eigenvalue weighted by Crippen LogP contribution is 2.21. The molecule has 0 saturated heterocycles. The number of hydrogen-bond donors (Lipinski definition) is 2. The summed E-state index contributed by atoms with van der Waals surface area (Å²) < 4.78 is 6.53. The molecule has 8 heteroatoms. The van der Waals surface area contributed by atoms with Gasteiger partial charge in [-0.25, -0.2) is 4.79 Å². The van der Waals surface area contributed by atoms with Crippen molar-refractivity contribution in [3.63, 3.8) is 0 Å². The van der Waals surface area contributed by atoms with E-state index in [0.717, 1.165) is 12.0 Å². The van der Waals surface area contributed by atoms with E-state index in [4.69, 9.17) is 10.5 Å². The zero-order chi connectivity index (χ0) is 21.6. The van der Waals surface area contributed by atoms with Gasteiger partial charge in [0, 0.05) is 13.1 Å². The summed E-state index contributed by atoms with van der Waals surface area (Å²) in [5.41, 5.74) is 5.79. The van der Waals surface area contributed by atoms with Crippen LogP contribution in [0.2, 0.25) is 0 Å². The van der Waals surface area contributed by atoms with Crippen LogP contribution in [0.15, 0.2) is 33.9 Å². The molecule has 0 fully saturated rings. The van der Waals surface area contributed by atoms with E-state index < -0.39 is 11.2 Å². The number of amides is 1. The smallest absolute Gasteiger partial charge is 0.330 e. The number of H-pyrrole nitrogens is 1. The van der Waals surface area contributed by atoms with Gasteiger partial charge in [0.2, 0.25) is 5.91 Å². The van der Waals surface area contributed by atoms with E-state index in [2.05, 4.69) is 4.98 Å². The summed E-state index contributed by atoms with van der Waals surface area (Å²) in [6, 6.07) is 7.21. The molecule has 1 amide bonds. The molecule has 0 aliphatic rings. The zero-order valence-electron chi connectivity index (χ0n) is 17.5. The number of nitrogens with two attached hydrogens (primary N) is 1. The number of aromatic amines is 1. The second kappa shape index (κ2) is 9.95. The number of ether oxygens (including phenoxy) is 1. The molecule has 29 heavy (non-hydrogen) atoms. The quantitative estimate of drug-likeness (QED) is 0.668. The lowest BCUT2D eigenvalue weighted by molar-refractivity contribution is -0.118. The number of hydrogen-bond acceptors (Lipinski definition) is 5. The molecular formula is C21H30N4O4. The van der Waals surface area contributed by atoms with Gasteiger partial charge >= 0.3 is 5.69 Å². The third-order valence-corrected chi connectivity index (χ3v) is 4.56. The topological polar surface area (TPSA) is 110 Å². The molecule has 2 aromatic rings. The van der Waals surface area contributed by atoms with E-state index in [1.54, 1.807) is 19.2 Å². The first-order chi connectivity index (χ1) is 13.8. The second-order valence-electron chi connectivity index (χ2n) is 7.42. The van der Waals surface area contributed by atoms with Crippen molar-refractivity contribution < 1.29 is 9.53 Å². The Hall–Kier alpha value is -3.03. The molecule has 0 radical (unpaired) electrons. The SMILES string of the molecule is CCCCN(C(=O)Cc1cccc(OC)c1)c1c(N)n(CC(C)C)c(=O)[nH]c1=O. The zero-order valence-corrected chi connectivity index (χ0v) is 17.5. The average molecular weight is 402 g/mol. The fourth-order valence-electron chi connectivity index (χ4n) is 3.11. The van der Waals surface area contributed by atoms with Crippen LogP contribution >= 0.6 is 0 Å². The van der Waals surface area contributed by atoms with Gasteiger partial charge in [-0.15, -0.1) is 0 Å². The molecule has 1 aromatic heterocycles. The number of carbonyl (C=O) groups is 1. The van der Waals surface area contributed by atoms with Crippen LogP contribution in [0, 0.1) is 5.92 Å². The number of nitrogens with one attached hydrogen (secondary N) is 1. The maximum absolute atomic E-state index is 13.1. The molecule has 0 unspecified atom stereocenters. The minimum atomic E-state index is -0.650. The van der Waals surface area contributed by atoms with Crippen molar-refractivity contribution in [3.05, 3.63) is 50.7 Å². The molecule has 158 valence electrons. The maximum Gasteiger partial charge on any atom is 0.330 e. The van der Waals surface area contributed by atoms with Crippen LogP contribution in [0.3, 0.4) is 0 Å². The number of carbonyl (C=O) groups excluding carboxylic acids is 1. The van der Waals surface area contributed by atoms with Gasteiger partial charge in [-0.1, -0.05) is 39.3 Å². The van der Waals surface area contributed by atoms with Crippen molar-refractivity contribution in [3.8, 4) is 5.75 Å². The molecule has 1 heterocycles. The first kappa shape index (κ1) is 22.3. The average Bonchev–Trinajstić information content (AvgIpc) is 2.67. The van der Waals surface area contributed by atoms with Crippen molar-refractivity contribution in [2.45, 2.75) is 46.6 Å². The van der Waals surface area contributed by atoms with Gasteiger partial charge in [0.15, 0.2) is 5.69 Å². The van der Waals surface area contributed by atoms with Crippen molar-refractivity contribution in [2.24, 2.45) is 5.92 Å². The summed E-state index contributed by atoms with van der Waals surface area (Å²) in [5, 5.41) is 0. The van der Waals surface area contributed by atoms with Gasteiger partial charge in [-0.2, -0.15) is 0 Å². The van der Waals surface area contributed by atoms with Crippen molar-refractivity contribution >= 4 is 17.4 Å². The van der Waals surface area contributed by atoms with Gasteiger partial charge in [-0.05, 0) is 30.0 Å².